The third-order valence-electron chi connectivity index (χ3n) is 6.35. The second kappa shape index (κ2) is 6.68. The molecule has 2 saturated heterocycles. The zero-order chi connectivity index (χ0) is 16.6. The van der Waals surface area contributed by atoms with E-state index in [0.29, 0.717) is 11.9 Å². The highest BCUT2D eigenvalue weighted by atomic mass is 35.5. The van der Waals surface area contributed by atoms with Crippen LogP contribution in [-0.2, 0) is 11.3 Å². The van der Waals surface area contributed by atoms with Crippen LogP contribution in [0.1, 0.15) is 56.9 Å². The van der Waals surface area contributed by atoms with Gasteiger partial charge in [0, 0.05) is 24.2 Å². The van der Waals surface area contributed by atoms with E-state index < -0.39 is 0 Å². The maximum atomic E-state index is 13.3. The van der Waals surface area contributed by atoms with Crippen molar-refractivity contribution < 1.29 is 4.79 Å². The smallest absolute Gasteiger partial charge is 0.243 e. The first-order chi connectivity index (χ1) is 11.7. The molecule has 1 unspecified atom stereocenters. The second-order valence-corrected chi connectivity index (χ2v) is 8.16. The Morgan fingerprint density at radius 1 is 1.00 bits per heavy atom. The van der Waals surface area contributed by atoms with Gasteiger partial charge < -0.3 is 4.90 Å². The van der Waals surface area contributed by atoms with E-state index in [1.54, 1.807) is 0 Å². The third kappa shape index (κ3) is 2.86. The lowest BCUT2D eigenvalue weighted by Crippen LogP contribution is -2.51. The minimum Gasteiger partial charge on any atom is -0.338 e. The average molecular weight is 347 g/mol. The summed E-state index contributed by atoms with van der Waals surface area (Å²) in [6.07, 6.45) is 9.51. The summed E-state index contributed by atoms with van der Waals surface area (Å²) < 4.78 is 0. The first-order valence-corrected chi connectivity index (χ1v) is 9.87. The molecule has 1 amide bonds. The van der Waals surface area contributed by atoms with Crippen molar-refractivity contribution in [1.82, 2.24) is 9.80 Å². The number of hydrogen-bond donors (Lipinski definition) is 0. The summed E-state index contributed by atoms with van der Waals surface area (Å²) in [6, 6.07) is 8.58. The summed E-state index contributed by atoms with van der Waals surface area (Å²) in [7, 11) is 0. The molecule has 4 heteroatoms. The zero-order valence-corrected chi connectivity index (χ0v) is 15.1. The minimum atomic E-state index is -0.225. The number of amides is 1. The maximum Gasteiger partial charge on any atom is 0.243 e. The molecule has 130 valence electrons. The third-order valence-corrected chi connectivity index (χ3v) is 6.60. The Bertz CT molecular complexity index is 596. The molecule has 1 atom stereocenters. The van der Waals surface area contributed by atoms with Crippen LogP contribution in [0.4, 0.5) is 0 Å². The molecule has 2 heterocycles. The van der Waals surface area contributed by atoms with Crippen LogP contribution in [0.3, 0.4) is 0 Å². The first-order valence-electron chi connectivity index (χ1n) is 9.50. The van der Waals surface area contributed by atoms with Crippen molar-refractivity contribution in [1.29, 1.82) is 0 Å². The van der Waals surface area contributed by atoms with E-state index in [9.17, 15) is 4.79 Å². The Labute approximate surface area is 150 Å². The molecule has 3 nitrogen and oxygen atoms in total. The van der Waals surface area contributed by atoms with E-state index in [1.807, 2.05) is 12.1 Å². The standard InChI is InChI=1S/C20H27ClN2O/c21-17-9-7-16(8-10-17)15-22-13-4-11-20(22)12-14-23(19(20)24)18-5-2-1-3-6-18/h7-10,18H,1-6,11-15H2. The Morgan fingerprint density at radius 3 is 2.50 bits per heavy atom. The van der Waals surface area contributed by atoms with Gasteiger partial charge in [-0.2, -0.15) is 0 Å². The number of hydrogen-bond acceptors (Lipinski definition) is 2. The van der Waals surface area contributed by atoms with E-state index >= 15 is 0 Å². The molecule has 3 fully saturated rings. The van der Waals surface area contributed by atoms with Crippen LogP contribution in [0.5, 0.6) is 0 Å². The highest BCUT2D eigenvalue weighted by Crippen LogP contribution is 2.41. The SMILES string of the molecule is O=C1N(C2CCCCC2)CCC12CCCN2Cc1ccc(Cl)cc1. The van der Waals surface area contributed by atoms with Crippen LogP contribution in [0.2, 0.25) is 5.02 Å². The Hall–Kier alpha value is -1.06. The van der Waals surface area contributed by atoms with Crippen LogP contribution < -0.4 is 0 Å². The van der Waals surface area contributed by atoms with Gasteiger partial charge in [0.1, 0.15) is 5.54 Å². The minimum absolute atomic E-state index is 0.225. The van der Waals surface area contributed by atoms with Gasteiger partial charge in [-0.25, -0.2) is 0 Å². The molecule has 1 spiro atoms. The number of benzene rings is 1. The average Bonchev–Trinajstić information content (AvgIpc) is 3.16. The number of halogens is 1. The number of rotatable bonds is 3. The Morgan fingerprint density at radius 2 is 1.75 bits per heavy atom. The van der Waals surface area contributed by atoms with Gasteiger partial charge in [-0.3, -0.25) is 9.69 Å². The van der Waals surface area contributed by atoms with Crippen molar-refractivity contribution in [2.24, 2.45) is 0 Å². The monoisotopic (exact) mass is 346 g/mol. The van der Waals surface area contributed by atoms with Crippen molar-refractivity contribution in [3.63, 3.8) is 0 Å². The van der Waals surface area contributed by atoms with Crippen molar-refractivity contribution in [2.75, 3.05) is 13.1 Å². The highest BCUT2D eigenvalue weighted by Gasteiger charge is 2.54. The molecule has 0 aromatic heterocycles. The molecule has 1 aromatic carbocycles. The van der Waals surface area contributed by atoms with Crippen molar-refractivity contribution >= 4 is 17.5 Å². The molecule has 3 aliphatic rings. The van der Waals surface area contributed by atoms with E-state index in [2.05, 4.69) is 21.9 Å². The molecule has 24 heavy (non-hydrogen) atoms. The van der Waals surface area contributed by atoms with Crippen LogP contribution in [-0.4, -0.2) is 40.4 Å². The predicted octanol–water partition coefficient (Wildman–Crippen LogP) is 4.24. The fourth-order valence-electron chi connectivity index (χ4n) is 5.02. The van der Waals surface area contributed by atoms with Gasteiger partial charge in [-0.05, 0) is 56.3 Å². The van der Waals surface area contributed by atoms with Crippen LogP contribution >= 0.6 is 11.6 Å². The lowest BCUT2D eigenvalue weighted by molar-refractivity contribution is -0.139. The molecule has 0 bridgehead atoms. The summed E-state index contributed by atoms with van der Waals surface area (Å²) in [4.78, 5) is 18.0. The van der Waals surface area contributed by atoms with Crippen LogP contribution in [0.25, 0.3) is 0 Å². The van der Waals surface area contributed by atoms with E-state index in [-0.39, 0.29) is 5.54 Å². The number of nitrogens with zero attached hydrogens (tertiary/aromatic N) is 2. The lowest BCUT2D eigenvalue weighted by Gasteiger charge is -2.36. The van der Waals surface area contributed by atoms with Crippen molar-refractivity contribution in [2.45, 2.75) is 69.5 Å². The molecule has 1 aliphatic carbocycles. The Kier molecular flexibility index (Phi) is 4.57. The number of carbonyl (C=O) groups excluding carboxylic acids is 1. The quantitative estimate of drug-likeness (QED) is 0.817. The second-order valence-electron chi connectivity index (χ2n) is 7.72. The molecule has 1 aromatic rings. The maximum absolute atomic E-state index is 13.3. The lowest BCUT2D eigenvalue weighted by atomic mass is 9.92. The molecule has 1 saturated carbocycles. The van der Waals surface area contributed by atoms with Gasteiger partial charge in [-0.1, -0.05) is 43.0 Å². The van der Waals surface area contributed by atoms with Gasteiger partial charge in [0.05, 0.1) is 0 Å². The molecule has 0 radical (unpaired) electrons. The normalized spacial score (nSPS) is 29.0. The van der Waals surface area contributed by atoms with E-state index in [0.717, 1.165) is 43.9 Å². The molecular formula is C20H27ClN2O. The summed E-state index contributed by atoms with van der Waals surface area (Å²) in [6.45, 7) is 2.86. The van der Waals surface area contributed by atoms with Gasteiger partial charge in [0.2, 0.25) is 5.91 Å². The van der Waals surface area contributed by atoms with Crippen molar-refractivity contribution in [3.05, 3.63) is 34.9 Å². The van der Waals surface area contributed by atoms with Gasteiger partial charge in [0.15, 0.2) is 0 Å². The van der Waals surface area contributed by atoms with E-state index in [1.165, 1.54) is 37.7 Å². The van der Waals surface area contributed by atoms with Crippen LogP contribution in [0, 0.1) is 0 Å². The molecule has 0 N–H and O–H groups in total. The summed E-state index contributed by atoms with van der Waals surface area (Å²) in [5, 5.41) is 0.773. The fraction of sp³-hybridized carbons (Fsp3) is 0.650. The fourth-order valence-corrected chi connectivity index (χ4v) is 5.15. The predicted molar refractivity (Wildman–Crippen MR) is 97.0 cm³/mol. The molecular weight excluding hydrogens is 320 g/mol. The number of likely N-dealkylation sites (tertiary alicyclic amines) is 2. The summed E-state index contributed by atoms with van der Waals surface area (Å²) in [5.41, 5.74) is 1.03. The zero-order valence-electron chi connectivity index (χ0n) is 14.3. The highest BCUT2D eigenvalue weighted by molar-refractivity contribution is 6.30. The first kappa shape index (κ1) is 16.4. The van der Waals surface area contributed by atoms with E-state index in [4.69, 9.17) is 11.6 Å². The largest absolute Gasteiger partial charge is 0.338 e. The Balaban J connectivity index is 1.50. The topological polar surface area (TPSA) is 23.6 Å². The van der Waals surface area contributed by atoms with Crippen LogP contribution in [0.15, 0.2) is 24.3 Å². The van der Waals surface area contributed by atoms with Gasteiger partial charge in [0.25, 0.3) is 0 Å². The summed E-state index contributed by atoms with van der Waals surface area (Å²) in [5.74, 6) is 0.417. The molecule has 4 rings (SSSR count). The van der Waals surface area contributed by atoms with Gasteiger partial charge >= 0.3 is 0 Å². The number of carbonyl (C=O) groups is 1. The van der Waals surface area contributed by atoms with Crippen molar-refractivity contribution in [3.8, 4) is 0 Å². The van der Waals surface area contributed by atoms with Gasteiger partial charge in [-0.15, -0.1) is 0 Å². The molecule has 2 aliphatic heterocycles. The summed E-state index contributed by atoms with van der Waals surface area (Å²) >= 11 is 6.00.